The molecule has 0 bridgehead atoms. The molecule has 30 heavy (non-hydrogen) atoms. The largest absolute Gasteiger partial charge is 0.466 e. The topological polar surface area (TPSA) is 99.0 Å². The summed E-state index contributed by atoms with van der Waals surface area (Å²) in [6, 6.07) is 5.83. The van der Waals surface area contributed by atoms with Crippen LogP contribution < -0.4 is 0 Å². The third kappa shape index (κ3) is 3.85. The summed E-state index contributed by atoms with van der Waals surface area (Å²) in [5.74, 6) is -1.15. The van der Waals surface area contributed by atoms with Gasteiger partial charge in [-0.1, -0.05) is 24.8 Å². The summed E-state index contributed by atoms with van der Waals surface area (Å²) in [4.78, 5) is 38.5. The zero-order valence-electron chi connectivity index (χ0n) is 17.3. The predicted octanol–water partition coefficient (Wildman–Crippen LogP) is 3.16. The maximum absolute atomic E-state index is 13.1. The maximum Gasteiger partial charge on any atom is 0.337 e. The van der Waals surface area contributed by atoms with Crippen LogP contribution in [-0.2, 0) is 24.5 Å². The van der Waals surface area contributed by atoms with Crippen molar-refractivity contribution in [3.8, 4) is 0 Å². The van der Waals surface area contributed by atoms with Gasteiger partial charge in [0.25, 0.3) is 5.69 Å². The summed E-state index contributed by atoms with van der Waals surface area (Å²) in [5.41, 5.74) is 0.255. The van der Waals surface area contributed by atoms with Crippen LogP contribution >= 0.6 is 12.6 Å². The van der Waals surface area contributed by atoms with Gasteiger partial charge >= 0.3 is 11.9 Å². The molecule has 0 amide bonds. The molecule has 2 rings (SSSR count). The van der Waals surface area contributed by atoms with E-state index in [0.717, 1.165) is 0 Å². The number of carbonyl (C=O) groups excluding carboxylic acids is 2. The van der Waals surface area contributed by atoms with E-state index in [1.54, 1.807) is 31.9 Å². The van der Waals surface area contributed by atoms with Crippen LogP contribution in [0.4, 0.5) is 5.69 Å². The Bertz CT molecular complexity index is 968. The molecule has 1 heterocycles. The number of benzene rings is 1. The summed E-state index contributed by atoms with van der Waals surface area (Å²) < 4.78 is 10.3. The molecule has 1 atom stereocenters. The highest BCUT2D eigenvalue weighted by Crippen LogP contribution is 2.48. The van der Waals surface area contributed by atoms with Crippen LogP contribution in [0, 0.1) is 10.1 Å². The fourth-order valence-corrected chi connectivity index (χ4v) is 4.07. The van der Waals surface area contributed by atoms with E-state index >= 15 is 0 Å². The summed E-state index contributed by atoms with van der Waals surface area (Å²) in [6.45, 7) is 6.89. The molecule has 0 saturated carbocycles. The fraction of sp³-hybridized carbons (Fsp3) is 0.333. The van der Waals surface area contributed by atoms with Gasteiger partial charge in [-0.2, -0.15) is 12.6 Å². The lowest BCUT2D eigenvalue weighted by Gasteiger charge is -2.42. The zero-order chi connectivity index (χ0) is 22.6. The number of hydrogen-bond donors (Lipinski definition) is 1. The monoisotopic (exact) mass is 432 g/mol. The number of allylic oxidation sites excluding steroid dienone is 1. The van der Waals surface area contributed by atoms with E-state index in [9.17, 15) is 19.7 Å². The molecule has 0 saturated heterocycles. The number of ether oxygens (including phenoxy) is 2. The van der Waals surface area contributed by atoms with Crippen molar-refractivity contribution >= 4 is 30.3 Å². The molecule has 0 aromatic heterocycles. The van der Waals surface area contributed by atoms with Gasteiger partial charge in [0.1, 0.15) is 6.61 Å². The predicted molar refractivity (Wildman–Crippen MR) is 115 cm³/mol. The van der Waals surface area contributed by atoms with Gasteiger partial charge in [0.2, 0.25) is 0 Å². The molecule has 1 aliphatic rings. The first kappa shape index (κ1) is 23.2. The lowest BCUT2D eigenvalue weighted by molar-refractivity contribution is -0.384. The van der Waals surface area contributed by atoms with Crippen LogP contribution in [0.15, 0.2) is 59.5 Å². The Morgan fingerprint density at radius 1 is 1.33 bits per heavy atom. The van der Waals surface area contributed by atoms with Crippen LogP contribution in [0.3, 0.4) is 0 Å². The van der Waals surface area contributed by atoms with E-state index in [2.05, 4.69) is 19.2 Å². The average molecular weight is 432 g/mol. The smallest absolute Gasteiger partial charge is 0.337 e. The van der Waals surface area contributed by atoms with E-state index in [1.165, 1.54) is 31.4 Å². The number of thiol groups is 1. The van der Waals surface area contributed by atoms with Crippen molar-refractivity contribution in [2.45, 2.75) is 19.3 Å². The Kier molecular flexibility index (Phi) is 7.09. The van der Waals surface area contributed by atoms with E-state index < -0.39 is 22.3 Å². The molecule has 160 valence electrons. The molecular formula is C21H24N2O6S. The zero-order valence-corrected chi connectivity index (χ0v) is 18.2. The Morgan fingerprint density at radius 2 is 2.00 bits per heavy atom. The molecular weight excluding hydrogens is 408 g/mol. The SMILES string of the molecule is C=CCOC(=O)C1=C(CS)N(C)C(C)=C(C(=O)OC)C1(C)c1cccc([N+](=O)[O-])c1. The van der Waals surface area contributed by atoms with Gasteiger partial charge in [0, 0.05) is 36.3 Å². The minimum Gasteiger partial charge on any atom is -0.466 e. The molecule has 0 spiro atoms. The van der Waals surface area contributed by atoms with E-state index in [0.29, 0.717) is 17.0 Å². The first-order chi connectivity index (χ1) is 14.1. The van der Waals surface area contributed by atoms with Crippen molar-refractivity contribution in [2.24, 2.45) is 0 Å². The molecule has 9 heteroatoms. The number of nitrogens with zero attached hydrogens (tertiary/aromatic N) is 2. The van der Waals surface area contributed by atoms with Gasteiger partial charge in [-0.25, -0.2) is 9.59 Å². The maximum atomic E-state index is 13.1. The Hall–Kier alpha value is -3.07. The van der Waals surface area contributed by atoms with Gasteiger partial charge in [-0.05, 0) is 19.4 Å². The minimum absolute atomic E-state index is 0.0346. The van der Waals surface area contributed by atoms with Crippen LogP contribution in [0.2, 0.25) is 0 Å². The highest BCUT2D eigenvalue weighted by atomic mass is 32.1. The number of esters is 2. The van der Waals surface area contributed by atoms with Gasteiger partial charge in [0.05, 0.1) is 28.6 Å². The molecule has 0 radical (unpaired) electrons. The molecule has 0 N–H and O–H groups in total. The van der Waals surface area contributed by atoms with Crippen LogP contribution in [0.5, 0.6) is 0 Å². The molecule has 0 aliphatic carbocycles. The molecule has 8 nitrogen and oxygen atoms in total. The van der Waals surface area contributed by atoms with Gasteiger partial charge in [0.15, 0.2) is 0 Å². The standard InChI is InChI=1S/C21H24N2O6S/c1-6-10-29-20(25)18-16(12-30)22(4)13(2)17(19(24)28-5)21(18,3)14-8-7-9-15(11-14)23(26)27/h6-9,11,30H,1,10,12H2,2-5H3. The second-order valence-electron chi connectivity index (χ2n) is 6.81. The van der Waals surface area contributed by atoms with Gasteiger partial charge in [-0.3, -0.25) is 10.1 Å². The quantitative estimate of drug-likeness (QED) is 0.232. The number of nitro benzene ring substituents is 1. The second kappa shape index (κ2) is 9.17. The molecule has 0 fully saturated rings. The first-order valence-electron chi connectivity index (χ1n) is 9.05. The normalized spacial score (nSPS) is 18.9. The average Bonchev–Trinajstić information content (AvgIpc) is 2.74. The minimum atomic E-state index is -1.37. The second-order valence-corrected chi connectivity index (χ2v) is 7.13. The van der Waals surface area contributed by atoms with E-state index in [-0.39, 0.29) is 29.2 Å². The highest BCUT2D eigenvalue weighted by Gasteiger charge is 2.49. The van der Waals surface area contributed by atoms with Crippen molar-refractivity contribution in [3.63, 3.8) is 0 Å². The van der Waals surface area contributed by atoms with Gasteiger partial charge in [-0.15, -0.1) is 0 Å². The Morgan fingerprint density at radius 3 is 2.53 bits per heavy atom. The summed E-state index contributed by atoms with van der Waals surface area (Å²) in [6.07, 6.45) is 1.43. The summed E-state index contributed by atoms with van der Waals surface area (Å²) in [7, 11) is 2.95. The number of non-ortho nitro benzene ring substituents is 1. The van der Waals surface area contributed by atoms with E-state index in [4.69, 9.17) is 9.47 Å². The van der Waals surface area contributed by atoms with Crippen molar-refractivity contribution < 1.29 is 24.0 Å². The molecule has 1 aromatic rings. The molecule has 1 aliphatic heterocycles. The van der Waals surface area contributed by atoms with Crippen LogP contribution in [0.1, 0.15) is 19.4 Å². The highest BCUT2D eigenvalue weighted by molar-refractivity contribution is 7.80. The van der Waals surface area contributed by atoms with Crippen LogP contribution in [0.25, 0.3) is 0 Å². The number of hydrogen-bond acceptors (Lipinski definition) is 8. The number of methoxy groups -OCH3 is 1. The third-order valence-corrected chi connectivity index (χ3v) is 5.57. The van der Waals surface area contributed by atoms with Crippen molar-refractivity contribution in [1.29, 1.82) is 0 Å². The Balaban J connectivity index is 2.93. The molecule has 1 unspecified atom stereocenters. The van der Waals surface area contributed by atoms with Gasteiger partial charge < -0.3 is 14.4 Å². The van der Waals surface area contributed by atoms with Crippen molar-refractivity contribution in [2.75, 3.05) is 26.5 Å². The van der Waals surface area contributed by atoms with Crippen LogP contribution in [-0.4, -0.2) is 48.3 Å². The number of rotatable bonds is 7. The van der Waals surface area contributed by atoms with E-state index in [1.807, 2.05) is 0 Å². The summed E-state index contributed by atoms with van der Waals surface area (Å²) in [5, 5.41) is 11.4. The van der Waals surface area contributed by atoms with Crippen molar-refractivity contribution in [1.82, 2.24) is 4.90 Å². The lowest BCUT2D eigenvalue weighted by Crippen LogP contribution is -2.44. The first-order valence-corrected chi connectivity index (χ1v) is 9.69. The number of nitro groups is 1. The molecule has 1 aromatic carbocycles. The van der Waals surface area contributed by atoms with Crippen molar-refractivity contribution in [3.05, 3.63) is 75.1 Å². The summed E-state index contributed by atoms with van der Waals surface area (Å²) >= 11 is 4.38. The third-order valence-electron chi connectivity index (χ3n) is 5.27. The number of carbonyl (C=O) groups is 2. The Labute approximate surface area is 180 Å². The lowest BCUT2D eigenvalue weighted by atomic mass is 9.66. The fourth-order valence-electron chi connectivity index (χ4n) is 3.70.